The molecule has 1 saturated heterocycles. The summed E-state index contributed by atoms with van der Waals surface area (Å²) in [5.41, 5.74) is 3.91. The lowest BCUT2D eigenvalue weighted by molar-refractivity contribution is 0.0951. The molecule has 0 radical (unpaired) electrons. The summed E-state index contributed by atoms with van der Waals surface area (Å²) in [5.74, 6) is -0.191. The van der Waals surface area contributed by atoms with E-state index in [0.29, 0.717) is 22.8 Å². The molecule has 0 aromatic heterocycles. The van der Waals surface area contributed by atoms with Crippen LogP contribution in [0, 0.1) is 0 Å². The van der Waals surface area contributed by atoms with Crippen LogP contribution in [0.1, 0.15) is 21.5 Å². The Hall–Kier alpha value is -3.07. The molecule has 0 atom stereocenters. The number of morpholine rings is 1. The van der Waals surface area contributed by atoms with Gasteiger partial charge in [-0.2, -0.15) is 0 Å². The lowest BCUT2D eigenvalue weighted by Crippen LogP contribution is -2.36. The largest absolute Gasteiger partial charge is 0.378 e. The monoisotopic (exact) mass is 513 g/mol. The van der Waals surface area contributed by atoms with E-state index in [1.54, 1.807) is 48.5 Å². The first-order chi connectivity index (χ1) is 16.8. The first-order valence-corrected chi connectivity index (χ1v) is 13.5. The molecule has 0 saturated carbocycles. The molecule has 0 bridgehead atoms. The third kappa shape index (κ3) is 6.75. The number of hydrogen-bond acceptors (Lipinski definition) is 5. The van der Waals surface area contributed by atoms with Gasteiger partial charge < -0.3 is 15.0 Å². The van der Waals surface area contributed by atoms with Crippen molar-refractivity contribution < 1.29 is 17.9 Å². The number of hydrogen-bond donors (Lipinski definition) is 1. The number of rotatable bonds is 8. The Morgan fingerprint density at radius 3 is 2.29 bits per heavy atom. The van der Waals surface area contributed by atoms with Gasteiger partial charge in [-0.1, -0.05) is 41.9 Å². The second-order valence-corrected chi connectivity index (χ2v) is 10.7. The fourth-order valence-corrected chi connectivity index (χ4v) is 4.95. The summed E-state index contributed by atoms with van der Waals surface area (Å²) in [7, 11) is -3.52. The number of nitrogens with one attached hydrogen (secondary N) is 1. The number of benzene rings is 3. The van der Waals surface area contributed by atoms with E-state index in [0.717, 1.165) is 49.4 Å². The van der Waals surface area contributed by atoms with Crippen molar-refractivity contribution in [1.82, 2.24) is 5.32 Å². The van der Waals surface area contributed by atoms with Gasteiger partial charge in [-0.15, -0.1) is 0 Å². The molecule has 4 rings (SSSR count). The first-order valence-electron chi connectivity index (χ1n) is 11.3. The van der Waals surface area contributed by atoms with Gasteiger partial charge in [0.25, 0.3) is 5.91 Å². The molecule has 1 aliphatic heterocycles. The van der Waals surface area contributed by atoms with Crippen LogP contribution in [0.5, 0.6) is 0 Å². The average molecular weight is 514 g/mol. The number of carbonyl (C=O) groups excluding carboxylic acids is 1. The Bertz CT molecular complexity index is 1260. The van der Waals surface area contributed by atoms with E-state index in [2.05, 4.69) is 22.3 Å². The fraction of sp³-hybridized carbons (Fsp3) is 0.269. The van der Waals surface area contributed by atoms with Crippen molar-refractivity contribution in [2.45, 2.75) is 13.1 Å². The van der Waals surface area contributed by atoms with Crippen LogP contribution in [0.4, 0.5) is 11.4 Å². The molecular weight excluding hydrogens is 486 g/mol. The second-order valence-electron chi connectivity index (χ2n) is 8.39. The quantitative estimate of drug-likeness (QED) is 0.491. The van der Waals surface area contributed by atoms with Crippen molar-refractivity contribution in [3.63, 3.8) is 0 Å². The van der Waals surface area contributed by atoms with Crippen LogP contribution in [0.3, 0.4) is 0 Å². The summed E-state index contributed by atoms with van der Waals surface area (Å²) >= 11 is 6.04. The highest BCUT2D eigenvalue weighted by molar-refractivity contribution is 7.92. The Morgan fingerprint density at radius 1 is 1.00 bits per heavy atom. The van der Waals surface area contributed by atoms with E-state index in [1.165, 1.54) is 4.31 Å². The zero-order chi connectivity index (χ0) is 24.8. The highest BCUT2D eigenvalue weighted by atomic mass is 35.5. The van der Waals surface area contributed by atoms with Gasteiger partial charge in [-0.05, 0) is 53.6 Å². The summed E-state index contributed by atoms with van der Waals surface area (Å²) in [6.07, 6.45) is 1.16. The first kappa shape index (κ1) is 25.0. The molecule has 0 spiro atoms. The van der Waals surface area contributed by atoms with E-state index in [4.69, 9.17) is 16.3 Å². The van der Waals surface area contributed by atoms with E-state index in [-0.39, 0.29) is 12.5 Å². The maximum Gasteiger partial charge on any atom is 0.251 e. The van der Waals surface area contributed by atoms with Gasteiger partial charge in [0.15, 0.2) is 0 Å². The molecule has 0 aliphatic carbocycles. The van der Waals surface area contributed by atoms with Crippen molar-refractivity contribution in [3.05, 3.63) is 94.5 Å². The number of nitrogens with zero attached hydrogens (tertiary/aromatic N) is 2. The van der Waals surface area contributed by atoms with Gasteiger partial charge in [0, 0.05) is 35.9 Å². The van der Waals surface area contributed by atoms with Crippen molar-refractivity contribution in [3.8, 4) is 0 Å². The number of ether oxygens (including phenoxy) is 1. The van der Waals surface area contributed by atoms with Gasteiger partial charge in [0.05, 0.1) is 31.7 Å². The molecule has 35 heavy (non-hydrogen) atoms. The summed E-state index contributed by atoms with van der Waals surface area (Å²) in [4.78, 5) is 14.9. The number of anilines is 2. The van der Waals surface area contributed by atoms with Crippen molar-refractivity contribution in [2.75, 3.05) is 41.8 Å². The van der Waals surface area contributed by atoms with Gasteiger partial charge >= 0.3 is 0 Å². The van der Waals surface area contributed by atoms with E-state index in [1.807, 2.05) is 12.1 Å². The van der Waals surface area contributed by atoms with Crippen LogP contribution < -0.4 is 14.5 Å². The Balaban J connectivity index is 1.36. The van der Waals surface area contributed by atoms with Gasteiger partial charge in [-0.25, -0.2) is 8.42 Å². The van der Waals surface area contributed by atoms with Crippen LogP contribution in [0.25, 0.3) is 0 Å². The van der Waals surface area contributed by atoms with Gasteiger partial charge in [0.2, 0.25) is 10.0 Å². The van der Waals surface area contributed by atoms with Crippen molar-refractivity contribution in [1.29, 1.82) is 0 Å². The molecule has 1 fully saturated rings. The smallest absolute Gasteiger partial charge is 0.251 e. The zero-order valence-electron chi connectivity index (χ0n) is 19.5. The molecule has 9 heteroatoms. The molecular formula is C26H28ClN3O4S. The number of carbonyl (C=O) groups is 1. The average Bonchev–Trinajstić information content (AvgIpc) is 2.86. The predicted octanol–water partition coefficient (Wildman–Crippen LogP) is 4.07. The third-order valence-corrected chi connectivity index (χ3v) is 7.18. The Morgan fingerprint density at radius 2 is 1.66 bits per heavy atom. The number of sulfonamides is 1. The van der Waals surface area contributed by atoms with E-state index >= 15 is 0 Å². The van der Waals surface area contributed by atoms with Gasteiger partial charge in [0.1, 0.15) is 0 Å². The number of halogens is 1. The molecule has 1 amide bonds. The lowest BCUT2D eigenvalue weighted by atomic mass is 10.1. The second kappa shape index (κ2) is 11.1. The maximum atomic E-state index is 12.6. The molecule has 1 heterocycles. The number of amides is 1. The fourth-order valence-electron chi connectivity index (χ4n) is 3.89. The molecule has 1 aliphatic rings. The third-order valence-electron chi connectivity index (χ3n) is 5.80. The van der Waals surface area contributed by atoms with Crippen LogP contribution in [0.2, 0.25) is 5.02 Å². The molecule has 3 aromatic rings. The zero-order valence-corrected chi connectivity index (χ0v) is 21.1. The topological polar surface area (TPSA) is 79.0 Å². The Labute approximate surface area is 211 Å². The molecule has 184 valence electrons. The van der Waals surface area contributed by atoms with Crippen LogP contribution in [-0.2, 0) is 27.8 Å². The maximum absolute atomic E-state index is 12.6. The molecule has 3 aromatic carbocycles. The highest BCUT2D eigenvalue weighted by Gasteiger charge is 2.18. The van der Waals surface area contributed by atoms with E-state index < -0.39 is 10.0 Å². The minimum Gasteiger partial charge on any atom is -0.378 e. The Kier molecular flexibility index (Phi) is 7.95. The summed E-state index contributed by atoms with van der Waals surface area (Å²) in [5, 5.41) is 3.39. The van der Waals surface area contributed by atoms with Gasteiger partial charge in [-0.3, -0.25) is 9.10 Å². The molecule has 7 nitrogen and oxygen atoms in total. The summed E-state index contributed by atoms with van der Waals surface area (Å²) in [6, 6.07) is 21.8. The highest BCUT2D eigenvalue weighted by Crippen LogP contribution is 2.24. The van der Waals surface area contributed by atoms with Crippen LogP contribution >= 0.6 is 11.6 Å². The van der Waals surface area contributed by atoms with Crippen LogP contribution in [0.15, 0.2) is 72.8 Å². The SMILES string of the molecule is CS(=O)(=O)N(Cc1ccc(C(=O)NCc2ccc(N3CCOCC3)cc2)cc1)c1cccc(Cl)c1. The van der Waals surface area contributed by atoms with E-state index in [9.17, 15) is 13.2 Å². The lowest BCUT2D eigenvalue weighted by Gasteiger charge is -2.28. The summed E-state index contributed by atoms with van der Waals surface area (Å²) in [6.45, 7) is 3.80. The minimum absolute atomic E-state index is 0.135. The molecule has 0 unspecified atom stereocenters. The normalized spacial score (nSPS) is 13.9. The van der Waals surface area contributed by atoms with Crippen LogP contribution in [-0.4, -0.2) is 46.9 Å². The summed E-state index contributed by atoms with van der Waals surface area (Å²) < 4.78 is 31.4. The predicted molar refractivity (Wildman–Crippen MR) is 140 cm³/mol. The standard InChI is InChI=1S/C26H28ClN3O4S/c1-35(32,33)30(25-4-2-3-23(27)17-25)19-21-5-9-22(10-6-21)26(31)28-18-20-7-11-24(12-8-20)29-13-15-34-16-14-29/h2-12,17H,13-16,18-19H2,1H3,(H,28,31). The molecule has 1 N–H and O–H groups in total. The van der Waals surface area contributed by atoms with Crippen molar-refractivity contribution in [2.24, 2.45) is 0 Å². The minimum atomic E-state index is -3.52. The van der Waals surface area contributed by atoms with Crippen molar-refractivity contribution >= 4 is 38.9 Å².